The average Bonchev–Trinajstić information content (AvgIpc) is 2.78. The molecule has 2 heterocycles. The summed E-state index contributed by atoms with van der Waals surface area (Å²) in [4.78, 5) is 8.19. The van der Waals surface area contributed by atoms with Crippen LogP contribution in [0.1, 0.15) is 25.3 Å². The van der Waals surface area contributed by atoms with Crippen molar-refractivity contribution < 1.29 is 9.84 Å². The molecule has 1 fully saturated rings. The van der Waals surface area contributed by atoms with Gasteiger partial charge in [-0.1, -0.05) is 13.3 Å². The molecule has 0 aliphatic carbocycles. The lowest BCUT2D eigenvalue weighted by Crippen LogP contribution is -2.37. The summed E-state index contributed by atoms with van der Waals surface area (Å²) >= 11 is 0. The van der Waals surface area contributed by atoms with E-state index in [0.717, 1.165) is 18.4 Å². The molecule has 0 bridgehead atoms. The van der Waals surface area contributed by atoms with Gasteiger partial charge in [-0.2, -0.15) is 0 Å². The first kappa shape index (κ1) is 13.0. The molecule has 1 unspecified atom stereocenters. The highest BCUT2D eigenvalue weighted by Crippen LogP contribution is 2.22. The molecule has 1 aliphatic rings. The van der Waals surface area contributed by atoms with Crippen molar-refractivity contribution in [3.8, 4) is 0 Å². The molecule has 0 saturated carbocycles. The lowest BCUT2D eigenvalue weighted by molar-refractivity contribution is 0.0381. The lowest BCUT2D eigenvalue weighted by atomic mass is 10.0. The van der Waals surface area contributed by atoms with Crippen molar-refractivity contribution in [2.24, 2.45) is 0 Å². The van der Waals surface area contributed by atoms with Gasteiger partial charge in [-0.3, -0.25) is 0 Å². The second-order valence-corrected chi connectivity index (χ2v) is 4.72. The van der Waals surface area contributed by atoms with Crippen LogP contribution in [0.15, 0.2) is 6.33 Å². The monoisotopic (exact) mass is 252 g/mol. The van der Waals surface area contributed by atoms with Crippen LogP contribution < -0.4 is 11.1 Å². The van der Waals surface area contributed by atoms with E-state index in [0.29, 0.717) is 37.8 Å². The molecule has 4 N–H and O–H groups in total. The summed E-state index contributed by atoms with van der Waals surface area (Å²) in [6.45, 7) is 3.46. The predicted molar refractivity (Wildman–Crippen MR) is 69.3 cm³/mol. The Bertz CT molecular complexity index is 405. The lowest BCUT2D eigenvalue weighted by Gasteiger charge is -2.22. The van der Waals surface area contributed by atoms with Crippen LogP contribution in [0.4, 0.5) is 11.6 Å². The number of nitrogens with one attached hydrogen (secondary N) is 1. The minimum atomic E-state index is -0.802. The molecular weight excluding hydrogens is 232 g/mol. The van der Waals surface area contributed by atoms with Gasteiger partial charge in [0.25, 0.3) is 0 Å². The van der Waals surface area contributed by atoms with E-state index in [-0.39, 0.29) is 0 Å². The Hall–Kier alpha value is -1.40. The van der Waals surface area contributed by atoms with Crippen LogP contribution in [0.2, 0.25) is 0 Å². The van der Waals surface area contributed by atoms with E-state index in [2.05, 4.69) is 22.2 Å². The van der Waals surface area contributed by atoms with E-state index in [9.17, 15) is 5.11 Å². The Morgan fingerprint density at radius 3 is 3.06 bits per heavy atom. The topological polar surface area (TPSA) is 93.3 Å². The minimum absolute atomic E-state index is 0.365. The zero-order chi connectivity index (χ0) is 13.0. The fraction of sp³-hybridized carbons (Fsp3) is 0.667. The molecule has 1 aromatic rings. The molecule has 0 amide bonds. The maximum absolute atomic E-state index is 10.2. The third kappa shape index (κ3) is 2.88. The van der Waals surface area contributed by atoms with Gasteiger partial charge in [-0.15, -0.1) is 0 Å². The highest BCUT2D eigenvalue weighted by molar-refractivity contribution is 5.55. The maximum Gasteiger partial charge on any atom is 0.134 e. The van der Waals surface area contributed by atoms with Gasteiger partial charge in [0, 0.05) is 25.1 Å². The molecule has 2 rings (SSSR count). The molecule has 0 spiro atoms. The van der Waals surface area contributed by atoms with E-state index < -0.39 is 5.60 Å². The number of aromatic nitrogens is 2. The molecule has 18 heavy (non-hydrogen) atoms. The number of ether oxygens (including phenoxy) is 1. The van der Waals surface area contributed by atoms with Gasteiger partial charge < -0.3 is 20.9 Å². The highest BCUT2D eigenvalue weighted by atomic mass is 16.5. The highest BCUT2D eigenvalue weighted by Gasteiger charge is 2.32. The van der Waals surface area contributed by atoms with Gasteiger partial charge in [-0.25, -0.2) is 9.97 Å². The van der Waals surface area contributed by atoms with Gasteiger partial charge >= 0.3 is 0 Å². The summed E-state index contributed by atoms with van der Waals surface area (Å²) in [5.41, 5.74) is 5.96. The van der Waals surface area contributed by atoms with Crippen LogP contribution in [-0.4, -0.2) is 40.4 Å². The van der Waals surface area contributed by atoms with Crippen LogP contribution in [0.3, 0.4) is 0 Å². The Labute approximate surface area is 107 Å². The minimum Gasteiger partial charge on any atom is -0.386 e. The molecule has 1 aliphatic heterocycles. The number of rotatable bonds is 5. The van der Waals surface area contributed by atoms with E-state index in [1.54, 1.807) is 0 Å². The molecule has 0 aromatic carbocycles. The van der Waals surface area contributed by atoms with Gasteiger partial charge in [0.05, 0.1) is 6.61 Å². The number of anilines is 2. The summed E-state index contributed by atoms with van der Waals surface area (Å²) in [5, 5.41) is 13.3. The number of hydrogen-bond acceptors (Lipinski definition) is 6. The zero-order valence-corrected chi connectivity index (χ0v) is 10.6. The van der Waals surface area contributed by atoms with Gasteiger partial charge in [-0.05, 0) is 6.42 Å². The number of aliphatic hydroxyl groups is 1. The first-order chi connectivity index (χ1) is 8.64. The van der Waals surface area contributed by atoms with Crippen molar-refractivity contribution in [2.45, 2.75) is 31.8 Å². The first-order valence-corrected chi connectivity index (χ1v) is 6.28. The van der Waals surface area contributed by atoms with E-state index >= 15 is 0 Å². The summed E-state index contributed by atoms with van der Waals surface area (Å²) in [5.74, 6) is 1.22. The molecule has 100 valence electrons. The van der Waals surface area contributed by atoms with Crippen molar-refractivity contribution in [1.29, 1.82) is 0 Å². The summed E-state index contributed by atoms with van der Waals surface area (Å²) in [6, 6.07) is 0. The third-order valence-electron chi connectivity index (χ3n) is 3.15. The Morgan fingerprint density at radius 1 is 1.56 bits per heavy atom. The quantitative estimate of drug-likeness (QED) is 0.709. The largest absolute Gasteiger partial charge is 0.386 e. The number of hydrogen-bond donors (Lipinski definition) is 3. The van der Waals surface area contributed by atoms with Gasteiger partial charge in [0.1, 0.15) is 23.6 Å². The normalized spacial score (nSPS) is 23.2. The predicted octanol–water partition coefficient (Wildman–Crippen LogP) is 0.575. The standard InChI is InChI=1S/C12H20N4O2/c1-2-3-9-10(13)15-8-16-11(9)14-6-12(17)4-5-18-7-12/h8,17H,2-7H2,1H3,(H3,13,14,15,16). The number of nitrogen functional groups attached to an aromatic ring is 1. The summed E-state index contributed by atoms with van der Waals surface area (Å²) in [7, 11) is 0. The van der Waals surface area contributed by atoms with Gasteiger partial charge in [0.15, 0.2) is 0 Å². The van der Waals surface area contributed by atoms with Crippen LogP contribution in [0, 0.1) is 0 Å². The molecular formula is C12H20N4O2. The van der Waals surface area contributed by atoms with Crippen LogP contribution in [0.25, 0.3) is 0 Å². The van der Waals surface area contributed by atoms with Crippen molar-refractivity contribution >= 4 is 11.6 Å². The average molecular weight is 252 g/mol. The van der Waals surface area contributed by atoms with Gasteiger partial charge in [0.2, 0.25) is 0 Å². The Balaban J connectivity index is 2.06. The van der Waals surface area contributed by atoms with E-state index in [1.165, 1.54) is 6.33 Å². The SMILES string of the molecule is CCCc1c(N)ncnc1NCC1(O)CCOC1. The fourth-order valence-electron chi connectivity index (χ4n) is 2.06. The third-order valence-corrected chi connectivity index (χ3v) is 3.15. The van der Waals surface area contributed by atoms with Crippen LogP contribution in [0.5, 0.6) is 0 Å². The smallest absolute Gasteiger partial charge is 0.134 e. The molecule has 1 atom stereocenters. The molecule has 6 heteroatoms. The zero-order valence-electron chi connectivity index (χ0n) is 10.6. The summed E-state index contributed by atoms with van der Waals surface area (Å²) < 4.78 is 5.20. The van der Waals surface area contributed by atoms with Crippen molar-refractivity contribution in [1.82, 2.24) is 9.97 Å². The van der Waals surface area contributed by atoms with Crippen molar-refractivity contribution in [2.75, 3.05) is 30.8 Å². The summed E-state index contributed by atoms with van der Waals surface area (Å²) in [6.07, 6.45) is 3.87. The Morgan fingerprint density at radius 2 is 2.39 bits per heavy atom. The molecule has 0 radical (unpaired) electrons. The van der Waals surface area contributed by atoms with Crippen LogP contribution >= 0.6 is 0 Å². The second-order valence-electron chi connectivity index (χ2n) is 4.72. The van der Waals surface area contributed by atoms with E-state index in [4.69, 9.17) is 10.5 Å². The Kier molecular flexibility index (Phi) is 3.98. The van der Waals surface area contributed by atoms with Crippen molar-refractivity contribution in [3.05, 3.63) is 11.9 Å². The van der Waals surface area contributed by atoms with Crippen molar-refractivity contribution in [3.63, 3.8) is 0 Å². The molecule has 6 nitrogen and oxygen atoms in total. The number of nitrogens with zero attached hydrogens (tertiary/aromatic N) is 2. The second kappa shape index (κ2) is 5.49. The van der Waals surface area contributed by atoms with E-state index in [1.807, 2.05) is 0 Å². The maximum atomic E-state index is 10.2. The number of nitrogens with two attached hydrogens (primary N) is 1. The fourth-order valence-corrected chi connectivity index (χ4v) is 2.06. The van der Waals surface area contributed by atoms with Crippen LogP contribution in [-0.2, 0) is 11.2 Å². The first-order valence-electron chi connectivity index (χ1n) is 6.28. The molecule has 1 aromatic heterocycles. The molecule has 1 saturated heterocycles.